The average Bonchev–Trinajstić information content (AvgIpc) is 3.55. The Labute approximate surface area is 224 Å². The summed E-state index contributed by atoms with van der Waals surface area (Å²) >= 11 is 0. The van der Waals surface area contributed by atoms with Gasteiger partial charge in [-0.1, -0.05) is 11.2 Å². The lowest BCUT2D eigenvalue weighted by Crippen LogP contribution is -2.57. The maximum absolute atomic E-state index is 13.8. The molecule has 204 valence electrons. The van der Waals surface area contributed by atoms with E-state index in [2.05, 4.69) is 38.3 Å². The molecule has 9 heteroatoms. The third-order valence-electron chi connectivity index (χ3n) is 8.60. The molecule has 5 heterocycles. The van der Waals surface area contributed by atoms with Crippen LogP contribution in [0.15, 0.2) is 40.9 Å². The second kappa shape index (κ2) is 11.6. The van der Waals surface area contributed by atoms with Crippen LogP contribution in [0.25, 0.3) is 11.0 Å². The average molecular weight is 523 g/mol. The van der Waals surface area contributed by atoms with E-state index >= 15 is 0 Å². The highest BCUT2D eigenvalue weighted by Gasteiger charge is 2.34. The van der Waals surface area contributed by atoms with Crippen LogP contribution in [-0.2, 0) is 6.54 Å². The van der Waals surface area contributed by atoms with Crippen LogP contribution in [0.2, 0.25) is 0 Å². The monoisotopic (exact) mass is 522 g/mol. The van der Waals surface area contributed by atoms with Gasteiger partial charge in [-0.3, -0.25) is 4.90 Å². The van der Waals surface area contributed by atoms with E-state index in [4.69, 9.17) is 14.2 Å². The minimum atomic E-state index is -0.260. The van der Waals surface area contributed by atoms with Gasteiger partial charge in [0.15, 0.2) is 11.4 Å². The summed E-state index contributed by atoms with van der Waals surface area (Å²) in [7, 11) is 2.23. The van der Waals surface area contributed by atoms with E-state index in [0.29, 0.717) is 24.1 Å². The number of hydrogen-bond donors (Lipinski definition) is 1. The zero-order valence-electron chi connectivity index (χ0n) is 22.3. The molecular weight excluding hydrogens is 483 g/mol. The Bertz CT molecular complexity index is 1220. The van der Waals surface area contributed by atoms with Gasteiger partial charge in [-0.05, 0) is 76.5 Å². The van der Waals surface area contributed by atoms with Crippen molar-refractivity contribution in [1.29, 1.82) is 0 Å². The Morgan fingerprint density at radius 2 is 2.05 bits per heavy atom. The molecular formula is C29H39FN6O2. The van der Waals surface area contributed by atoms with Gasteiger partial charge in [0.05, 0.1) is 17.7 Å². The van der Waals surface area contributed by atoms with Gasteiger partial charge in [-0.15, -0.1) is 0 Å². The number of aromatic nitrogens is 2. The number of likely N-dealkylation sites (tertiary alicyclic amines) is 1. The predicted molar refractivity (Wildman–Crippen MR) is 146 cm³/mol. The van der Waals surface area contributed by atoms with Crippen LogP contribution in [0.5, 0.6) is 5.88 Å². The Morgan fingerprint density at radius 3 is 2.95 bits per heavy atom. The van der Waals surface area contributed by atoms with Crippen LogP contribution in [0, 0.1) is 11.7 Å². The highest BCUT2D eigenvalue weighted by atomic mass is 19.1. The van der Waals surface area contributed by atoms with Gasteiger partial charge in [-0.2, -0.15) is 0 Å². The summed E-state index contributed by atoms with van der Waals surface area (Å²) in [5.41, 5.74) is 1.66. The van der Waals surface area contributed by atoms with Crippen LogP contribution in [0.3, 0.4) is 0 Å². The Hall–Kier alpha value is -2.75. The van der Waals surface area contributed by atoms with Crippen molar-refractivity contribution in [2.24, 2.45) is 5.92 Å². The Morgan fingerprint density at radius 1 is 1.11 bits per heavy atom. The quantitative estimate of drug-likeness (QED) is 0.424. The van der Waals surface area contributed by atoms with E-state index in [9.17, 15) is 4.39 Å². The number of benzene rings is 1. The molecule has 38 heavy (non-hydrogen) atoms. The molecule has 8 nitrogen and oxygen atoms in total. The summed E-state index contributed by atoms with van der Waals surface area (Å²) in [5, 5.41) is 8.57. The molecule has 0 saturated carbocycles. The third kappa shape index (κ3) is 5.80. The first-order chi connectivity index (χ1) is 18.6. The van der Waals surface area contributed by atoms with Gasteiger partial charge in [0.25, 0.3) is 0 Å². The third-order valence-corrected chi connectivity index (χ3v) is 8.60. The molecule has 0 spiro atoms. The molecule has 3 fully saturated rings. The molecule has 1 N–H and O–H groups in total. The summed E-state index contributed by atoms with van der Waals surface area (Å²) in [6.07, 6.45) is 6.07. The largest absolute Gasteiger partial charge is 0.477 e. The highest BCUT2D eigenvalue weighted by Crippen LogP contribution is 2.32. The van der Waals surface area contributed by atoms with Crippen molar-refractivity contribution in [3.8, 4) is 5.88 Å². The normalized spacial score (nSPS) is 24.7. The number of nitrogens with one attached hydrogen (secondary N) is 1. The number of ether oxygens (including phenoxy) is 1. The molecule has 2 aromatic heterocycles. The molecule has 3 aliphatic heterocycles. The molecule has 3 aromatic rings. The number of piperazine rings is 1. The van der Waals surface area contributed by atoms with Crippen LogP contribution in [0.1, 0.15) is 37.8 Å². The summed E-state index contributed by atoms with van der Waals surface area (Å²) < 4.78 is 25.4. The van der Waals surface area contributed by atoms with E-state index in [1.54, 1.807) is 6.07 Å². The van der Waals surface area contributed by atoms with Crippen molar-refractivity contribution >= 4 is 16.8 Å². The fourth-order valence-electron chi connectivity index (χ4n) is 6.38. The second-order valence-corrected chi connectivity index (χ2v) is 11.2. The molecule has 1 unspecified atom stereocenters. The summed E-state index contributed by atoms with van der Waals surface area (Å²) in [6.45, 7) is 7.45. The summed E-state index contributed by atoms with van der Waals surface area (Å²) in [6, 6.07) is 11.9. The lowest BCUT2D eigenvalue weighted by molar-refractivity contribution is 0.0716. The van der Waals surface area contributed by atoms with Gasteiger partial charge < -0.3 is 24.4 Å². The van der Waals surface area contributed by atoms with Crippen LogP contribution in [0.4, 0.5) is 10.2 Å². The zero-order valence-corrected chi connectivity index (χ0v) is 22.3. The Kier molecular flexibility index (Phi) is 7.76. The van der Waals surface area contributed by atoms with E-state index in [1.807, 2.05) is 12.1 Å². The van der Waals surface area contributed by atoms with Gasteiger partial charge in [0.1, 0.15) is 5.82 Å². The molecule has 1 aromatic carbocycles. The number of piperidine rings is 1. The number of nitrogens with zero attached hydrogens (tertiary/aromatic N) is 5. The molecule has 0 radical (unpaired) electrons. The minimum absolute atomic E-state index is 0.260. The number of hydrogen-bond acceptors (Lipinski definition) is 8. The van der Waals surface area contributed by atoms with Crippen LogP contribution >= 0.6 is 0 Å². The van der Waals surface area contributed by atoms with Crippen molar-refractivity contribution < 1.29 is 13.7 Å². The SMILES string of the molecule is CN1CCCC1CCNCc1cccc(OC[C@@H]2CC[C@H]3CN(c4noc5ccc(F)cc45)CCN3C2)n1. The topological polar surface area (TPSA) is 69.9 Å². The first-order valence-corrected chi connectivity index (χ1v) is 14.2. The number of anilines is 1. The molecule has 3 atom stereocenters. The van der Waals surface area contributed by atoms with Crippen molar-refractivity contribution in [2.45, 2.75) is 50.7 Å². The van der Waals surface area contributed by atoms with E-state index in [0.717, 1.165) is 80.9 Å². The van der Waals surface area contributed by atoms with Gasteiger partial charge in [0, 0.05) is 56.8 Å². The van der Waals surface area contributed by atoms with Crippen molar-refractivity contribution in [1.82, 2.24) is 25.3 Å². The van der Waals surface area contributed by atoms with Crippen molar-refractivity contribution in [3.05, 3.63) is 47.9 Å². The summed E-state index contributed by atoms with van der Waals surface area (Å²) in [4.78, 5) is 12.0. The van der Waals surface area contributed by atoms with Crippen molar-refractivity contribution in [2.75, 3.05) is 57.8 Å². The maximum atomic E-state index is 13.8. The zero-order chi connectivity index (χ0) is 25.9. The molecule has 0 aliphatic carbocycles. The number of pyridine rings is 1. The fraction of sp³-hybridized carbons (Fsp3) is 0.586. The summed E-state index contributed by atoms with van der Waals surface area (Å²) in [5.74, 6) is 1.71. The highest BCUT2D eigenvalue weighted by molar-refractivity contribution is 5.88. The number of fused-ring (bicyclic) bond motifs is 2. The predicted octanol–water partition coefficient (Wildman–Crippen LogP) is 3.92. The smallest absolute Gasteiger partial charge is 0.213 e. The Balaban J connectivity index is 0.956. The van der Waals surface area contributed by atoms with Gasteiger partial charge >= 0.3 is 0 Å². The first kappa shape index (κ1) is 25.5. The number of halogens is 1. The number of rotatable bonds is 9. The maximum Gasteiger partial charge on any atom is 0.213 e. The standard InChI is InChI=1S/C29H39FN6O2/c1-34-13-3-5-24(34)11-12-31-17-23-4-2-6-28(32-23)37-20-21-7-9-25-19-36(15-14-35(25)18-21)29-26-16-22(30)8-10-27(26)38-33-29/h2,4,6,8,10,16,21,24-25,31H,3,5,7,9,11-15,17-20H2,1H3/t21-,24?,25+/m1/s1. The van der Waals surface area contributed by atoms with E-state index in [1.165, 1.54) is 37.9 Å². The van der Waals surface area contributed by atoms with Crippen molar-refractivity contribution in [3.63, 3.8) is 0 Å². The van der Waals surface area contributed by atoms with Gasteiger partial charge in [0.2, 0.25) is 5.88 Å². The molecule has 3 saturated heterocycles. The fourth-order valence-corrected chi connectivity index (χ4v) is 6.38. The lowest BCUT2D eigenvalue weighted by Gasteiger charge is -2.46. The first-order valence-electron chi connectivity index (χ1n) is 14.2. The molecule has 0 amide bonds. The van der Waals surface area contributed by atoms with E-state index in [-0.39, 0.29) is 5.82 Å². The molecule has 6 rings (SSSR count). The molecule has 0 bridgehead atoms. The van der Waals surface area contributed by atoms with Crippen LogP contribution in [-0.4, -0.2) is 84.9 Å². The molecule has 3 aliphatic rings. The van der Waals surface area contributed by atoms with Gasteiger partial charge in [-0.25, -0.2) is 9.37 Å². The van der Waals surface area contributed by atoms with E-state index < -0.39 is 0 Å². The van der Waals surface area contributed by atoms with Crippen LogP contribution < -0.4 is 15.0 Å². The second-order valence-electron chi connectivity index (χ2n) is 11.2. The lowest BCUT2D eigenvalue weighted by atomic mass is 9.91. The minimum Gasteiger partial charge on any atom is -0.477 e.